The molecule has 0 bridgehead atoms. The van der Waals surface area contributed by atoms with E-state index in [-0.39, 0.29) is 11.9 Å². The molecule has 0 saturated heterocycles. The third kappa shape index (κ3) is 5.67. The first-order chi connectivity index (χ1) is 9.17. The summed E-state index contributed by atoms with van der Waals surface area (Å²) in [5, 5.41) is 5.88. The number of carbonyl (C=O) groups is 1. The minimum Gasteiger partial charge on any atom is -0.481 e. The number of nitrogens with one attached hydrogen (secondary N) is 2. The van der Waals surface area contributed by atoms with Crippen molar-refractivity contribution in [1.29, 1.82) is 0 Å². The number of aromatic nitrogens is 1. The van der Waals surface area contributed by atoms with E-state index in [2.05, 4.69) is 15.6 Å². The Morgan fingerprint density at radius 3 is 2.89 bits per heavy atom. The minimum atomic E-state index is -0.287. The van der Waals surface area contributed by atoms with E-state index in [0.717, 1.165) is 5.69 Å². The predicted octanol–water partition coefficient (Wildman–Crippen LogP) is 0.331. The van der Waals surface area contributed by atoms with Crippen molar-refractivity contribution in [3.8, 4) is 5.88 Å². The summed E-state index contributed by atoms with van der Waals surface area (Å²) in [6.45, 7) is 3.34. The van der Waals surface area contributed by atoms with Gasteiger partial charge < -0.3 is 20.1 Å². The fourth-order valence-corrected chi connectivity index (χ4v) is 1.45. The van der Waals surface area contributed by atoms with E-state index in [4.69, 9.17) is 9.47 Å². The molecule has 1 amide bonds. The molecule has 0 aliphatic carbocycles. The van der Waals surface area contributed by atoms with Gasteiger partial charge in [0, 0.05) is 26.3 Å². The van der Waals surface area contributed by atoms with Crippen LogP contribution in [0.15, 0.2) is 18.2 Å². The van der Waals surface area contributed by atoms with E-state index in [1.54, 1.807) is 20.3 Å². The molecule has 1 aromatic heterocycles. The van der Waals surface area contributed by atoms with Gasteiger partial charge in [-0.15, -0.1) is 0 Å². The molecule has 0 spiro atoms. The third-order valence-corrected chi connectivity index (χ3v) is 2.58. The lowest BCUT2D eigenvalue weighted by atomic mass is 10.3. The van der Waals surface area contributed by atoms with Crippen LogP contribution in [0.3, 0.4) is 0 Å². The van der Waals surface area contributed by atoms with Gasteiger partial charge in [0.25, 0.3) is 0 Å². The average Bonchev–Trinajstić information content (AvgIpc) is 2.45. The van der Waals surface area contributed by atoms with Crippen LogP contribution in [0.4, 0.5) is 0 Å². The van der Waals surface area contributed by atoms with Crippen LogP contribution in [0.1, 0.15) is 12.6 Å². The normalized spacial score (nSPS) is 11.9. The number of nitrogens with zero attached hydrogens (tertiary/aromatic N) is 1. The molecule has 1 heterocycles. The zero-order valence-corrected chi connectivity index (χ0v) is 11.6. The number of ether oxygens (including phenoxy) is 2. The molecule has 6 nitrogen and oxygen atoms in total. The van der Waals surface area contributed by atoms with Crippen LogP contribution in [0.5, 0.6) is 5.88 Å². The fourth-order valence-electron chi connectivity index (χ4n) is 1.45. The summed E-state index contributed by atoms with van der Waals surface area (Å²) >= 11 is 0. The quantitative estimate of drug-likeness (QED) is 0.664. The summed E-state index contributed by atoms with van der Waals surface area (Å²) in [7, 11) is 3.17. The van der Waals surface area contributed by atoms with Gasteiger partial charge in [-0.05, 0) is 13.0 Å². The highest BCUT2D eigenvalue weighted by atomic mass is 16.5. The molecule has 2 N–H and O–H groups in total. The molecule has 0 aliphatic rings. The maximum Gasteiger partial charge on any atom is 0.236 e. The van der Waals surface area contributed by atoms with Gasteiger partial charge in [0.1, 0.15) is 0 Å². The van der Waals surface area contributed by atoms with Gasteiger partial charge in [0.05, 0.1) is 25.5 Å². The number of methoxy groups -OCH3 is 2. The highest BCUT2D eigenvalue weighted by molar-refractivity contribution is 5.81. The molecule has 1 aromatic rings. The smallest absolute Gasteiger partial charge is 0.236 e. The average molecular weight is 267 g/mol. The monoisotopic (exact) mass is 267 g/mol. The molecule has 1 rings (SSSR count). The van der Waals surface area contributed by atoms with Crippen molar-refractivity contribution < 1.29 is 14.3 Å². The Labute approximate surface area is 113 Å². The summed E-state index contributed by atoms with van der Waals surface area (Å²) in [6, 6.07) is 5.24. The van der Waals surface area contributed by atoms with E-state index in [1.165, 1.54) is 0 Å². The van der Waals surface area contributed by atoms with Crippen LogP contribution in [-0.2, 0) is 16.1 Å². The van der Waals surface area contributed by atoms with E-state index in [0.29, 0.717) is 25.6 Å². The van der Waals surface area contributed by atoms with Crippen LogP contribution in [0.2, 0.25) is 0 Å². The van der Waals surface area contributed by atoms with Crippen molar-refractivity contribution in [2.45, 2.75) is 19.5 Å². The molecule has 0 fully saturated rings. The van der Waals surface area contributed by atoms with Gasteiger partial charge in [-0.2, -0.15) is 0 Å². The van der Waals surface area contributed by atoms with E-state index in [1.807, 2.05) is 19.1 Å². The second-order valence-electron chi connectivity index (χ2n) is 4.06. The first kappa shape index (κ1) is 15.4. The molecular formula is C13H21N3O3. The Bertz CT molecular complexity index is 398. The Kier molecular flexibility index (Phi) is 6.84. The number of amides is 1. The summed E-state index contributed by atoms with van der Waals surface area (Å²) in [5.74, 6) is 0.511. The van der Waals surface area contributed by atoms with Crippen molar-refractivity contribution >= 4 is 5.91 Å². The summed E-state index contributed by atoms with van der Waals surface area (Å²) < 4.78 is 9.91. The molecule has 0 radical (unpaired) electrons. The topological polar surface area (TPSA) is 72.5 Å². The van der Waals surface area contributed by atoms with Gasteiger partial charge in [0.15, 0.2) is 0 Å². The molecule has 0 aliphatic heterocycles. The number of pyridine rings is 1. The van der Waals surface area contributed by atoms with Crippen LogP contribution in [0, 0.1) is 0 Å². The highest BCUT2D eigenvalue weighted by Crippen LogP contribution is 2.06. The summed E-state index contributed by atoms with van der Waals surface area (Å²) in [5.41, 5.74) is 0.830. The minimum absolute atomic E-state index is 0.0556. The standard InChI is InChI=1S/C13H21N3O3/c1-10(13(17)14-7-8-18-2)15-9-11-5-4-6-12(16-11)19-3/h4-6,10,15H,7-9H2,1-3H3,(H,14,17). The molecule has 1 atom stereocenters. The first-order valence-electron chi connectivity index (χ1n) is 6.17. The van der Waals surface area contributed by atoms with Crippen molar-refractivity contribution in [3.05, 3.63) is 23.9 Å². The SMILES string of the molecule is COCCNC(=O)C(C)NCc1cccc(OC)n1. The van der Waals surface area contributed by atoms with Crippen LogP contribution >= 0.6 is 0 Å². The second kappa shape index (κ2) is 8.44. The van der Waals surface area contributed by atoms with Gasteiger partial charge in [0.2, 0.25) is 11.8 Å². The largest absolute Gasteiger partial charge is 0.481 e. The number of hydrogen-bond acceptors (Lipinski definition) is 5. The highest BCUT2D eigenvalue weighted by Gasteiger charge is 2.11. The van der Waals surface area contributed by atoms with E-state index < -0.39 is 0 Å². The second-order valence-corrected chi connectivity index (χ2v) is 4.06. The van der Waals surface area contributed by atoms with Gasteiger partial charge in [-0.25, -0.2) is 4.98 Å². The number of carbonyl (C=O) groups excluding carboxylic acids is 1. The molecule has 1 unspecified atom stereocenters. The molecule has 6 heteroatoms. The van der Waals surface area contributed by atoms with Crippen molar-refractivity contribution in [2.24, 2.45) is 0 Å². The van der Waals surface area contributed by atoms with Crippen LogP contribution in [-0.4, -0.2) is 44.3 Å². The molecule has 106 valence electrons. The predicted molar refractivity (Wildman–Crippen MR) is 72.0 cm³/mol. The number of rotatable bonds is 8. The Balaban J connectivity index is 2.36. The lowest BCUT2D eigenvalue weighted by Gasteiger charge is -2.13. The lowest BCUT2D eigenvalue weighted by Crippen LogP contribution is -2.42. The zero-order valence-electron chi connectivity index (χ0n) is 11.6. The maximum absolute atomic E-state index is 11.7. The Morgan fingerprint density at radius 2 is 2.21 bits per heavy atom. The third-order valence-electron chi connectivity index (χ3n) is 2.58. The molecule has 19 heavy (non-hydrogen) atoms. The number of hydrogen-bond donors (Lipinski definition) is 2. The molecule has 0 saturated carbocycles. The van der Waals surface area contributed by atoms with Crippen molar-refractivity contribution in [2.75, 3.05) is 27.4 Å². The zero-order chi connectivity index (χ0) is 14.1. The Morgan fingerprint density at radius 1 is 1.42 bits per heavy atom. The van der Waals surface area contributed by atoms with E-state index >= 15 is 0 Å². The van der Waals surface area contributed by atoms with Gasteiger partial charge in [-0.3, -0.25) is 4.79 Å². The first-order valence-corrected chi connectivity index (χ1v) is 6.17. The summed E-state index contributed by atoms with van der Waals surface area (Å²) in [4.78, 5) is 15.9. The Hall–Kier alpha value is -1.66. The maximum atomic E-state index is 11.7. The van der Waals surface area contributed by atoms with Crippen LogP contribution in [0.25, 0.3) is 0 Å². The van der Waals surface area contributed by atoms with Gasteiger partial charge >= 0.3 is 0 Å². The van der Waals surface area contributed by atoms with Crippen LogP contribution < -0.4 is 15.4 Å². The van der Waals surface area contributed by atoms with Crippen molar-refractivity contribution in [3.63, 3.8) is 0 Å². The molecule has 0 aromatic carbocycles. The van der Waals surface area contributed by atoms with Gasteiger partial charge in [-0.1, -0.05) is 6.07 Å². The lowest BCUT2D eigenvalue weighted by molar-refractivity contribution is -0.122. The van der Waals surface area contributed by atoms with Crippen molar-refractivity contribution in [1.82, 2.24) is 15.6 Å². The molecular weight excluding hydrogens is 246 g/mol. The summed E-state index contributed by atoms with van der Waals surface area (Å²) in [6.07, 6.45) is 0. The van der Waals surface area contributed by atoms with E-state index in [9.17, 15) is 4.79 Å². The fraction of sp³-hybridized carbons (Fsp3) is 0.538.